The minimum Gasteiger partial charge on any atom is -0.340 e. The Morgan fingerprint density at radius 2 is 2.12 bits per heavy atom. The average molecular weight is 378 g/mol. The number of benzene rings is 1. The van der Waals surface area contributed by atoms with Crippen molar-refractivity contribution in [2.45, 2.75) is 13.0 Å². The Balaban J connectivity index is 1.68. The van der Waals surface area contributed by atoms with Crippen LogP contribution in [-0.2, 0) is 11.3 Å². The molecule has 0 spiro atoms. The molecule has 138 valence electrons. The number of hydrogen-bond donors (Lipinski definition) is 1. The van der Waals surface area contributed by atoms with Crippen LogP contribution in [0.3, 0.4) is 0 Å². The fraction of sp³-hybridized carbons (Fsp3) is 0.412. The van der Waals surface area contributed by atoms with Gasteiger partial charge in [-0.3, -0.25) is 9.59 Å². The number of hydrogen-bond acceptors (Lipinski definition) is 6. The Hall–Kier alpha value is -2.45. The SMILES string of the molecule is O=C(CCN(Cc1cccc(Cl)c1)C(=O)c1cnon1)N1CCNCC1. The molecule has 2 heterocycles. The fourth-order valence-corrected chi connectivity index (χ4v) is 3.04. The topological polar surface area (TPSA) is 91.6 Å². The van der Waals surface area contributed by atoms with E-state index in [1.165, 1.54) is 6.20 Å². The van der Waals surface area contributed by atoms with Crippen molar-refractivity contribution < 1.29 is 14.2 Å². The van der Waals surface area contributed by atoms with Crippen LogP contribution >= 0.6 is 11.6 Å². The van der Waals surface area contributed by atoms with Crippen LogP contribution in [-0.4, -0.2) is 64.7 Å². The lowest BCUT2D eigenvalue weighted by atomic mass is 10.2. The van der Waals surface area contributed by atoms with Crippen molar-refractivity contribution in [3.8, 4) is 0 Å². The van der Waals surface area contributed by atoms with E-state index >= 15 is 0 Å². The largest absolute Gasteiger partial charge is 0.340 e. The molecule has 0 unspecified atom stereocenters. The molecule has 26 heavy (non-hydrogen) atoms. The highest BCUT2D eigenvalue weighted by atomic mass is 35.5. The maximum absolute atomic E-state index is 12.7. The van der Waals surface area contributed by atoms with Crippen LogP contribution in [0.1, 0.15) is 22.5 Å². The summed E-state index contributed by atoms with van der Waals surface area (Å²) in [5.74, 6) is -0.298. The predicted octanol–water partition coefficient (Wildman–Crippen LogP) is 1.19. The Bertz CT molecular complexity index is 747. The first-order valence-electron chi connectivity index (χ1n) is 8.43. The molecule has 0 atom stereocenters. The van der Waals surface area contributed by atoms with Gasteiger partial charge >= 0.3 is 0 Å². The average Bonchev–Trinajstić information content (AvgIpc) is 3.20. The zero-order chi connectivity index (χ0) is 18.4. The van der Waals surface area contributed by atoms with E-state index in [-0.39, 0.29) is 30.5 Å². The summed E-state index contributed by atoms with van der Waals surface area (Å²) in [5.41, 5.74) is 0.985. The molecule has 0 bridgehead atoms. The van der Waals surface area contributed by atoms with E-state index in [0.29, 0.717) is 24.7 Å². The molecule has 9 heteroatoms. The number of halogens is 1. The molecular formula is C17H20ClN5O3. The third-order valence-electron chi connectivity index (χ3n) is 4.20. The van der Waals surface area contributed by atoms with Gasteiger partial charge in [-0.1, -0.05) is 28.9 Å². The van der Waals surface area contributed by atoms with E-state index in [9.17, 15) is 9.59 Å². The molecule has 0 saturated carbocycles. The van der Waals surface area contributed by atoms with Crippen LogP contribution in [0.2, 0.25) is 5.02 Å². The minimum atomic E-state index is -0.334. The second-order valence-electron chi connectivity index (χ2n) is 6.03. The Morgan fingerprint density at radius 3 is 2.81 bits per heavy atom. The van der Waals surface area contributed by atoms with Crippen LogP contribution in [0, 0.1) is 0 Å². The lowest BCUT2D eigenvalue weighted by molar-refractivity contribution is -0.132. The number of rotatable bonds is 6. The number of amides is 2. The Morgan fingerprint density at radius 1 is 1.31 bits per heavy atom. The van der Waals surface area contributed by atoms with Gasteiger partial charge in [-0.2, -0.15) is 0 Å². The molecule has 1 N–H and O–H groups in total. The summed E-state index contributed by atoms with van der Waals surface area (Å²) in [6.45, 7) is 3.56. The molecule has 1 aromatic carbocycles. The van der Waals surface area contributed by atoms with Gasteiger partial charge in [0.15, 0.2) is 5.69 Å². The molecule has 2 amide bonds. The summed E-state index contributed by atoms with van der Waals surface area (Å²) in [7, 11) is 0. The third-order valence-corrected chi connectivity index (χ3v) is 4.43. The van der Waals surface area contributed by atoms with Crippen LogP contribution in [0.25, 0.3) is 0 Å². The molecule has 2 aromatic rings. The van der Waals surface area contributed by atoms with Gasteiger partial charge in [-0.05, 0) is 22.9 Å². The van der Waals surface area contributed by atoms with Crippen molar-refractivity contribution in [3.05, 3.63) is 46.7 Å². The summed E-state index contributed by atoms with van der Waals surface area (Å²) in [6, 6.07) is 7.27. The Kier molecular flexibility index (Phi) is 6.19. The molecular weight excluding hydrogens is 358 g/mol. The first-order valence-corrected chi connectivity index (χ1v) is 8.81. The molecule has 1 fully saturated rings. The first-order chi connectivity index (χ1) is 12.6. The standard InChI is InChI=1S/C17H20ClN5O3/c18-14-3-1-2-13(10-14)12-23(17(25)15-11-20-26-21-15)7-4-16(24)22-8-5-19-6-9-22/h1-3,10-11,19H,4-9,12H2. The van der Waals surface area contributed by atoms with Crippen molar-refractivity contribution in [3.63, 3.8) is 0 Å². The number of aromatic nitrogens is 2. The second-order valence-corrected chi connectivity index (χ2v) is 6.47. The highest BCUT2D eigenvalue weighted by molar-refractivity contribution is 6.30. The molecule has 1 aliphatic rings. The molecule has 0 aliphatic carbocycles. The monoisotopic (exact) mass is 377 g/mol. The van der Waals surface area contributed by atoms with E-state index in [2.05, 4.69) is 20.3 Å². The van der Waals surface area contributed by atoms with Crippen molar-refractivity contribution in [2.75, 3.05) is 32.7 Å². The van der Waals surface area contributed by atoms with Crippen molar-refractivity contribution >= 4 is 23.4 Å². The number of nitrogens with zero attached hydrogens (tertiary/aromatic N) is 4. The van der Waals surface area contributed by atoms with Gasteiger partial charge in [0, 0.05) is 50.7 Å². The van der Waals surface area contributed by atoms with E-state index in [1.807, 2.05) is 17.0 Å². The molecule has 3 rings (SSSR count). The van der Waals surface area contributed by atoms with E-state index in [0.717, 1.165) is 18.7 Å². The zero-order valence-electron chi connectivity index (χ0n) is 14.2. The lowest BCUT2D eigenvalue weighted by Gasteiger charge is -2.29. The number of piperazine rings is 1. The van der Waals surface area contributed by atoms with Gasteiger partial charge in [0.1, 0.15) is 6.20 Å². The fourth-order valence-electron chi connectivity index (χ4n) is 2.83. The molecule has 1 saturated heterocycles. The summed E-state index contributed by atoms with van der Waals surface area (Å²) >= 11 is 6.03. The van der Waals surface area contributed by atoms with Crippen LogP contribution in [0.4, 0.5) is 0 Å². The van der Waals surface area contributed by atoms with Crippen molar-refractivity contribution in [1.29, 1.82) is 0 Å². The summed E-state index contributed by atoms with van der Waals surface area (Å²) in [5, 5.41) is 10.9. The van der Waals surface area contributed by atoms with Gasteiger partial charge in [0.05, 0.1) is 0 Å². The highest BCUT2D eigenvalue weighted by Gasteiger charge is 2.22. The molecule has 1 aromatic heterocycles. The first kappa shape index (κ1) is 18.3. The quantitative estimate of drug-likeness (QED) is 0.813. The van der Waals surface area contributed by atoms with Gasteiger partial charge in [0.2, 0.25) is 5.91 Å². The van der Waals surface area contributed by atoms with Gasteiger partial charge in [0.25, 0.3) is 5.91 Å². The maximum Gasteiger partial charge on any atom is 0.278 e. The maximum atomic E-state index is 12.7. The van der Waals surface area contributed by atoms with Crippen molar-refractivity contribution in [2.24, 2.45) is 0 Å². The second kappa shape index (κ2) is 8.77. The van der Waals surface area contributed by atoms with Gasteiger partial charge in [-0.15, -0.1) is 0 Å². The van der Waals surface area contributed by atoms with Crippen molar-refractivity contribution in [1.82, 2.24) is 25.4 Å². The number of carbonyl (C=O) groups is 2. The lowest BCUT2D eigenvalue weighted by Crippen LogP contribution is -2.47. The van der Waals surface area contributed by atoms with E-state index < -0.39 is 0 Å². The van der Waals surface area contributed by atoms with Crippen LogP contribution in [0.15, 0.2) is 35.1 Å². The van der Waals surface area contributed by atoms with E-state index in [1.54, 1.807) is 17.0 Å². The highest BCUT2D eigenvalue weighted by Crippen LogP contribution is 2.15. The summed E-state index contributed by atoms with van der Waals surface area (Å²) in [6.07, 6.45) is 1.52. The van der Waals surface area contributed by atoms with Gasteiger partial charge < -0.3 is 15.1 Å². The molecule has 0 radical (unpaired) electrons. The predicted molar refractivity (Wildman–Crippen MR) is 94.6 cm³/mol. The number of carbonyl (C=O) groups excluding carboxylic acids is 2. The zero-order valence-corrected chi connectivity index (χ0v) is 15.0. The number of nitrogens with one attached hydrogen (secondary N) is 1. The third kappa shape index (κ3) is 4.80. The normalized spacial score (nSPS) is 14.3. The minimum absolute atomic E-state index is 0.0358. The van der Waals surface area contributed by atoms with Crippen LogP contribution in [0.5, 0.6) is 0 Å². The van der Waals surface area contributed by atoms with E-state index in [4.69, 9.17) is 11.6 Å². The Labute approximate surface area is 156 Å². The van der Waals surface area contributed by atoms with Crippen LogP contribution < -0.4 is 5.32 Å². The smallest absolute Gasteiger partial charge is 0.278 e. The molecule has 1 aliphatic heterocycles. The van der Waals surface area contributed by atoms with Gasteiger partial charge in [-0.25, -0.2) is 4.63 Å². The summed E-state index contributed by atoms with van der Waals surface area (Å²) in [4.78, 5) is 28.5. The molecule has 8 nitrogen and oxygen atoms in total. The summed E-state index contributed by atoms with van der Waals surface area (Å²) < 4.78 is 4.53.